The molecule has 0 aliphatic carbocycles. The summed E-state index contributed by atoms with van der Waals surface area (Å²) in [6, 6.07) is 2.59. The van der Waals surface area contributed by atoms with Gasteiger partial charge in [0.2, 0.25) is 0 Å². The van der Waals surface area contributed by atoms with E-state index in [1.165, 1.54) is 12.1 Å². The van der Waals surface area contributed by atoms with E-state index in [0.717, 1.165) is 0 Å². The van der Waals surface area contributed by atoms with Crippen molar-refractivity contribution in [3.63, 3.8) is 0 Å². The van der Waals surface area contributed by atoms with Gasteiger partial charge in [0, 0.05) is 0 Å². The largest absolute Gasteiger partial charge is 0.409 e. The third kappa shape index (κ3) is 2.80. The van der Waals surface area contributed by atoms with Crippen molar-refractivity contribution in [1.29, 1.82) is 0 Å². The van der Waals surface area contributed by atoms with Crippen LogP contribution in [0.4, 0.5) is 9.18 Å². The Morgan fingerprint density at radius 2 is 2.23 bits per heavy atom. The number of primary amides is 1. The fourth-order valence-corrected chi connectivity index (χ4v) is 1.55. The van der Waals surface area contributed by atoms with Crippen LogP contribution in [0.2, 0.25) is 0 Å². The van der Waals surface area contributed by atoms with E-state index in [4.69, 9.17) is 5.73 Å². The molecule has 3 nitrogen and oxygen atoms in total. The van der Waals surface area contributed by atoms with Gasteiger partial charge in [-0.2, -0.15) is 0 Å². The van der Waals surface area contributed by atoms with Crippen molar-refractivity contribution in [2.24, 2.45) is 5.73 Å². The SMILES string of the molecule is NC(=O)Oc1cc(Br)c(F)cc1I. The number of amides is 1. The van der Waals surface area contributed by atoms with Crippen molar-refractivity contribution in [3.05, 3.63) is 26.0 Å². The molecule has 1 amide bonds. The molecule has 2 N–H and O–H groups in total. The lowest BCUT2D eigenvalue weighted by Gasteiger charge is -2.04. The molecule has 0 bridgehead atoms. The Kier molecular flexibility index (Phi) is 3.48. The van der Waals surface area contributed by atoms with Crippen LogP contribution in [0.1, 0.15) is 0 Å². The van der Waals surface area contributed by atoms with E-state index >= 15 is 0 Å². The zero-order valence-electron chi connectivity index (χ0n) is 6.18. The number of halogens is 3. The van der Waals surface area contributed by atoms with Gasteiger partial charge >= 0.3 is 6.09 Å². The molecule has 6 heteroatoms. The lowest BCUT2D eigenvalue weighted by Crippen LogP contribution is -2.16. The van der Waals surface area contributed by atoms with Crippen LogP contribution in [0.15, 0.2) is 16.6 Å². The summed E-state index contributed by atoms with van der Waals surface area (Å²) in [6.07, 6.45) is -0.920. The first-order chi connectivity index (χ1) is 6.00. The molecule has 0 saturated heterocycles. The first-order valence-electron chi connectivity index (χ1n) is 3.12. The molecule has 0 spiro atoms. The number of carbonyl (C=O) groups excluding carboxylic acids is 1. The monoisotopic (exact) mass is 359 g/mol. The lowest BCUT2D eigenvalue weighted by molar-refractivity contribution is 0.210. The molecular weight excluding hydrogens is 356 g/mol. The Bertz CT molecular complexity index is 359. The van der Waals surface area contributed by atoms with Crippen LogP contribution in [0.5, 0.6) is 5.75 Å². The van der Waals surface area contributed by atoms with E-state index in [9.17, 15) is 9.18 Å². The zero-order chi connectivity index (χ0) is 10.0. The molecule has 0 atom stereocenters. The van der Waals surface area contributed by atoms with E-state index in [1.807, 2.05) is 22.6 Å². The minimum atomic E-state index is -0.920. The minimum absolute atomic E-state index is 0.226. The van der Waals surface area contributed by atoms with Gasteiger partial charge in [0.05, 0.1) is 8.04 Å². The molecule has 0 aliphatic rings. The Labute approximate surface area is 95.7 Å². The highest BCUT2D eigenvalue weighted by Gasteiger charge is 2.09. The number of rotatable bonds is 1. The molecule has 1 aromatic carbocycles. The summed E-state index contributed by atoms with van der Waals surface area (Å²) in [7, 11) is 0. The number of benzene rings is 1. The van der Waals surface area contributed by atoms with Crippen molar-refractivity contribution >= 4 is 44.6 Å². The number of carbonyl (C=O) groups is 1. The number of hydrogen-bond acceptors (Lipinski definition) is 2. The second-order valence-electron chi connectivity index (χ2n) is 2.12. The Morgan fingerprint density at radius 1 is 1.62 bits per heavy atom. The van der Waals surface area contributed by atoms with Crippen LogP contribution < -0.4 is 10.5 Å². The zero-order valence-corrected chi connectivity index (χ0v) is 9.93. The smallest absolute Gasteiger partial charge is 0.409 e. The van der Waals surface area contributed by atoms with E-state index in [2.05, 4.69) is 20.7 Å². The number of hydrogen-bond donors (Lipinski definition) is 1. The Balaban J connectivity index is 3.08. The van der Waals surface area contributed by atoms with Crippen molar-refractivity contribution in [2.45, 2.75) is 0 Å². The minimum Gasteiger partial charge on any atom is -0.409 e. The van der Waals surface area contributed by atoms with Gasteiger partial charge in [-0.1, -0.05) is 0 Å². The Hall–Kier alpha value is -0.370. The molecule has 0 heterocycles. The number of nitrogens with two attached hydrogens (primary N) is 1. The highest BCUT2D eigenvalue weighted by Crippen LogP contribution is 2.27. The van der Waals surface area contributed by atoms with Crippen molar-refractivity contribution < 1.29 is 13.9 Å². The summed E-state index contributed by atoms with van der Waals surface area (Å²) in [5, 5.41) is 0. The molecule has 0 unspecified atom stereocenters. The molecule has 0 fully saturated rings. The van der Waals surface area contributed by atoms with Crippen LogP contribution in [0, 0.1) is 9.39 Å². The molecular formula is C7H4BrFINO2. The van der Waals surface area contributed by atoms with Crippen LogP contribution >= 0.6 is 38.5 Å². The predicted octanol–water partition coefficient (Wildman–Crippen LogP) is 2.65. The fraction of sp³-hybridized carbons (Fsp3) is 0. The lowest BCUT2D eigenvalue weighted by atomic mass is 10.3. The van der Waals surface area contributed by atoms with Crippen molar-refractivity contribution in [2.75, 3.05) is 0 Å². The third-order valence-corrected chi connectivity index (χ3v) is 2.64. The maximum absolute atomic E-state index is 12.9. The highest BCUT2D eigenvalue weighted by atomic mass is 127. The average molecular weight is 360 g/mol. The summed E-state index contributed by atoms with van der Waals surface area (Å²) in [5.41, 5.74) is 4.81. The summed E-state index contributed by atoms with van der Waals surface area (Å²) < 4.78 is 18.2. The normalized spacial score (nSPS) is 9.77. The van der Waals surface area contributed by atoms with Crippen molar-refractivity contribution in [1.82, 2.24) is 0 Å². The molecule has 0 aliphatic heterocycles. The molecule has 0 aromatic heterocycles. The van der Waals surface area contributed by atoms with Crippen molar-refractivity contribution in [3.8, 4) is 5.75 Å². The van der Waals surface area contributed by atoms with E-state index in [-0.39, 0.29) is 10.2 Å². The maximum atomic E-state index is 12.9. The molecule has 13 heavy (non-hydrogen) atoms. The first-order valence-corrected chi connectivity index (χ1v) is 4.99. The van der Waals surface area contributed by atoms with Crippen LogP contribution in [0.3, 0.4) is 0 Å². The molecule has 0 radical (unpaired) electrons. The summed E-state index contributed by atoms with van der Waals surface area (Å²) in [5.74, 6) is -0.178. The second-order valence-corrected chi connectivity index (χ2v) is 4.13. The van der Waals surface area contributed by atoms with Gasteiger partial charge in [-0.3, -0.25) is 0 Å². The molecule has 1 rings (SSSR count). The maximum Gasteiger partial charge on any atom is 0.409 e. The van der Waals surface area contributed by atoms with Gasteiger partial charge in [0.1, 0.15) is 11.6 Å². The quantitative estimate of drug-likeness (QED) is 0.619. The standard InChI is InChI=1S/C7H4BrFINO2/c8-3-1-6(13-7(11)12)5(10)2-4(3)9/h1-2H,(H2,11,12). The topological polar surface area (TPSA) is 52.3 Å². The third-order valence-electron chi connectivity index (χ3n) is 1.19. The predicted molar refractivity (Wildman–Crippen MR) is 57.0 cm³/mol. The van der Waals surface area contributed by atoms with Crippen LogP contribution in [0.25, 0.3) is 0 Å². The van der Waals surface area contributed by atoms with Gasteiger partial charge in [-0.05, 0) is 50.7 Å². The fourth-order valence-electron chi connectivity index (χ4n) is 0.691. The van der Waals surface area contributed by atoms with E-state index in [0.29, 0.717) is 3.57 Å². The summed E-state index contributed by atoms with van der Waals surface area (Å²) in [4.78, 5) is 10.4. The van der Waals surface area contributed by atoms with Gasteiger partial charge in [0.15, 0.2) is 0 Å². The summed E-state index contributed by atoms with van der Waals surface area (Å²) in [6.45, 7) is 0. The first kappa shape index (κ1) is 10.7. The molecule has 70 valence electrons. The van der Waals surface area contributed by atoms with Crippen LogP contribution in [-0.2, 0) is 0 Å². The van der Waals surface area contributed by atoms with E-state index in [1.54, 1.807) is 0 Å². The Morgan fingerprint density at radius 3 is 2.77 bits per heavy atom. The van der Waals surface area contributed by atoms with Gasteiger partial charge in [-0.15, -0.1) is 0 Å². The molecule has 1 aromatic rings. The highest BCUT2D eigenvalue weighted by molar-refractivity contribution is 14.1. The van der Waals surface area contributed by atoms with Gasteiger partial charge in [0.25, 0.3) is 0 Å². The van der Waals surface area contributed by atoms with Gasteiger partial charge in [-0.25, -0.2) is 9.18 Å². The van der Waals surface area contributed by atoms with Crippen LogP contribution in [-0.4, -0.2) is 6.09 Å². The average Bonchev–Trinajstić information content (AvgIpc) is 1.99. The van der Waals surface area contributed by atoms with E-state index < -0.39 is 11.9 Å². The summed E-state index contributed by atoms with van der Waals surface area (Å²) >= 11 is 4.80. The second kappa shape index (κ2) is 4.23. The van der Waals surface area contributed by atoms with Gasteiger partial charge < -0.3 is 10.5 Å². The number of ether oxygens (including phenoxy) is 1. The molecule has 0 saturated carbocycles.